The van der Waals surface area contributed by atoms with E-state index in [1.807, 2.05) is 0 Å². The highest BCUT2D eigenvalue weighted by molar-refractivity contribution is 5.97. The zero-order valence-electron chi connectivity index (χ0n) is 28.2. The Morgan fingerprint density at radius 1 is 0.808 bits per heavy atom. The Labute approximate surface area is 298 Å². The Bertz CT molecular complexity index is 1620. The summed E-state index contributed by atoms with van der Waals surface area (Å²) < 4.78 is 0. The van der Waals surface area contributed by atoms with Gasteiger partial charge in [-0.25, -0.2) is 4.79 Å². The van der Waals surface area contributed by atoms with Gasteiger partial charge in [-0.3, -0.25) is 33.6 Å². The highest BCUT2D eigenvalue weighted by Crippen LogP contribution is 2.20. The maximum absolute atomic E-state index is 13.4. The van der Waals surface area contributed by atoms with E-state index in [1.165, 1.54) is 29.2 Å². The van der Waals surface area contributed by atoms with Crippen LogP contribution in [0.2, 0.25) is 0 Å². The standard InChI is InChI=1S/C34H43N7O11/c35-22(12-13-29(45)46)33(50)41-14-4-7-26(41)32(49)39-24(17-27(36)43)30(47)37-18-28(44)38-23(15-20-8-10-21(42)11-9-20)31(48)40-25(34(51)52)16-19-5-2-1-3-6-19/h1-3,5-6,8-11,22-26,42H,4,7,12-18,35H2,(H2,36,43)(H,37,47)(H,38,44)(H,39,49)(H,40,48)(H,45,46)(H,51,52)/t22-,23-,24-,25-,26-/m0/s1. The van der Waals surface area contributed by atoms with Gasteiger partial charge in [-0.2, -0.15) is 0 Å². The summed E-state index contributed by atoms with van der Waals surface area (Å²) >= 11 is 0. The van der Waals surface area contributed by atoms with Crippen LogP contribution in [0, 0.1) is 0 Å². The van der Waals surface area contributed by atoms with Crippen molar-refractivity contribution in [3.8, 4) is 5.75 Å². The minimum absolute atomic E-state index is 0.0465. The molecule has 1 fully saturated rings. The molecule has 0 saturated carbocycles. The number of nitrogens with zero attached hydrogens (tertiary/aromatic N) is 1. The van der Waals surface area contributed by atoms with Gasteiger partial charge in [0.1, 0.15) is 29.9 Å². The predicted octanol–water partition coefficient (Wildman–Crippen LogP) is -2.11. The number of phenols is 1. The largest absolute Gasteiger partial charge is 0.508 e. The van der Waals surface area contributed by atoms with Gasteiger partial charge in [0.25, 0.3) is 0 Å². The molecule has 280 valence electrons. The molecule has 0 radical (unpaired) electrons. The Morgan fingerprint density at radius 3 is 2.06 bits per heavy atom. The number of likely N-dealkylation sites (tertiary alicyclic amines) is 1. The summed E-state index contributed by atoms with van der Waals surface area (Å²) in [6.45, 7) is -0.578. The van der Waals surface area contributed by atoms with Crippen LogP contribution in [0.25, 0.3) is 0 Å². The number of benzene rings is 2. The minimum atomic E-state index is -1.55. The van der Waals surface area contributed by atoms with E-state index < -0.39 is 90.6 Å². The molecular formula is C34H43N7O11. The van der Waals surface area contributed by atoms with E-state index in [-0.39, 0.29) is 44.4 Å². The number of phenolic OH excluding ortho intramolecular Hbond substituents is 1. The Morgan fingerprint density at radius 2 is 1.44 bits per heavy atom. The first kappa shape index (κ1) is 40.4. The number of carboxylic acids is 2. The molecule has 2 aromatic rings. The number of carboxylic acid groups (broad SMARTS) is 2. The fraction of sp³-hybridized carbons (Fsp3) is 0.412. The number of rotatable bonds is 19. The Balaban J connectivity index is 1.67. The van der Waals surface area contributed by atoms with Crippen LogP contribution < -0.4 is 32.7 Å². The van der Waals surface area contributed by atoms with Gasteiger partial charge in [0.05, 0.1) is 19.0 Å². The summed E-state index contributed by atoms with van der Waals surface area (Å²) in [7, 11) is 0. The van der Waals surface area contributed by atoms with Crippen LogP contribution in [-0.2, 0) is 51.2 Å². The molecule has 1 saturated heterocycles. The lowest BCUT2D eigenvalue weighted by Crippen LogP contribution is -2.57. The smallest absolute Gasteiger partial charge is 0.326 e. The van der Waals surface area contributed by atoms with Crippen LogP contribution in [0.3, 0.4) is 0 Å². The van der Waals surface area contributed by atoms with Crippen molar-refractivity contribution in [2.24, 2.45) is 11.5 Å². The first-order valence-electron chi connectivity index (χ1n) is 16.4. The van der Waals surface area contributed by atoms with E-state index in [1.54, 1.807) is 30.3 Å². The van der Waals surface area contributed by atoms with Gasteiger partial charge in [-0.1, -0.05) is 42.5 Å². The summed E-state index contributed by atoms with van der Waals surface area (Å²) in [6.07, 6.45) is -0.725. The molecule has 11 N–H and O–H groups in total. The van der Waals surface area contributed by atoms with Gasteiger partial charge in [-0.05, 0) is 42.5 Å². The number of aromatic hydroxyl groups is 1. The minimum Gasteiger partial charge on any atom is -0.508 e. The van der Waals surface area contributed by atoms with E-state index in [0.29, 0.717) is 17.5 Å². The van der Waals surface area contributed by atoms with Gasteiger partial charge >= 0.3 is 11.9 Å². The van der Waals surface area contributed by atoms with Crippen molar-refractivity contribution < 1.29 is 53.7 Å². The molecule has 0 spiro atoms. The third-order valence-electron chi connectivity index (χ3n) is 8.21. The zero-order valence-corrected chi connectivity index (χ0v) is 28.2. The van der Waals surface area contributed by atoms with Crippen molar-refractivity contribution in [1.82, 2.24) is 26.2 Å². The molecule has 0 aromatic heterocycles. The van der Waals surface area contributed by atoms with Crippen LogP contribution in [0.1, 0.15) is 43.2 Å². The molecular weight excluding hydrogens is 682 g/mol. The molecule has 1 aliphatic heterocycles. The molecule has 3 rings (SSSR count). The number of nitrogens with two attached hydrogens (primary N) is 2. The van der Waals surface area contributed by atoms with Gasteiger partial charge in [-0.15, -0.1) is 0 Å². The van der Waals surface area contributed by atoms with Crippen molar-refractivity contribution in [2.45, 2.75) is 75.2 Å². The van der Waals surface area contributed by atoms with Crippen molar-refractivity contribution in [3.05, 3.63) is 65.7 Å². The number of aliphatic carboxylic acids is 2. The van der Waals surface area contributed by atoms with Gasteiger partial charge < -0.3 is 53.0 Å². The highest BCUT2D eigenvalue weighted by Gasteiger charge is 2.38. The summed E-state index contributed by atoms with van der Waals surface area (Å²) in [6, 6.07) is 7.82. The zero-order chi connectivity index (χ0) is 38.4. The maximum Gasteiger partial charge on any atom is 0.326 e. The molecule has 0 bridgehead atoms. The van der Waals surface area contributed by atoms with E-state index in [0.717, 1.165) is 0 Å². The second kappa shape index (κ2) is 19.4. The lowest BCUT2D eigenvalue weighted by atomic mass is 10.0. The third kappa shape index (κ3) is 12.7. The first-order valence-corrected chi connectivity index (χ1v) is 16.4. The van der Waals surface area contributed by atoms with E-state index in [2.05, 4.69) is 21.3 Å². The lowest BCUT2D eigenvalue weighted by molar-refractivity contribution is -0.142. The molecule has 18 heteroatoms. The third-order valence-corrected chi connectivity index (χ3v) is 8.21. The summed E-state index contributed by atoms with van der Waals surface area (Å²) in [4.78, 5) is 101. The maximum atomic E-state index is 13.4. The lowest BCUT2D eigenvalue weighted by Gasteiger charge is -2.28. The van der Waals surface area contributed by atoms with Crippen LogP contribution in [0.5, 0.6) is 5.75 Å². The fourth-order valence-electron chi connectivity index (χ4n) is 5.53. The molecule has 1 aliphatic rings. The topological polar surface area (TPSA) is 301 Å². The number of hydrogen-bond acceptors (Lipinski definition) is 10. The number of amides is 6. The molecule has 52 heavy (non-hydrogen) atoms. The normalized spacial score (nSPS) is 16.0. The van der Waals surface area contributed by atoms with Crippen molar-refractivity contribution >= 4 is 47.4 Å². The van der Waals surface area contributed by atoms with Crippen LogP contribution in [-0.4, -0.2) is 111 Å². The molecule has 0 unspecified atom stereocenters. The second-order valence-electron chi connectivity index (χ2n) is 12.3. The summed E-state index contributed by atoms with van der Waals surface area (Å²) in [5.74, 6) is -7.61. The number of nitrogens with one attached hydrogen (secondary N) is 4. The van der Waals surface area contributed by atoms with E-state index >= 15 is 0 Å². The first-order chi connectivity index (χ1) is 24.6. The van der Waals surface area contributed by atoms with Crippen molar-refractivity contribution in [2.75, 3.05) is 13.1 Å². The van der Waals surface area contributed by atoms with Gasteiger partial charge in [0, 0.05) is 25.8 Å². The molecule has 5 atom stereocenters. The fourth-order valence-corrected chi connectivity index (χ4v) is 5.53. The molecule has 1 heterocycles. The SMILES string of the molecule is NC(=O)C[C@H](NC(=O)[C@@H]1CCCN1C(=O)[C@@H](N)CCC(=O)O)C(=O)NCC(=O)N[C@@H](Cc1ccc(O)cc1)C(=O)N[C@@H](Cc1ccccc1)C(=O)O. The average molecular weight is 726 g/mol. The van der Waals surface area contributed by atoms with Crippen molar-refractivity contribution in [3.63, 3.8) is 0 Å². The highest BCUT2D eigenvalue weighted by atomic mass is 16.4. The van der Waals surface area contributed by atoms with Gasteiger partial charge in [0.15, 0.2) is 0 Å². The van der Waals surface area contributed by atoms with Crippen molar-refractivity contribution in [1.29, 1.82) is 0 Å². The number of carbonyl (C=O) groups excluding carboxylic acids is 6. The predicted molar refractivity (Wildman–Crippen MR) is 182 cm³/mol. The monoisotopic (exact) mass is 725 g/mol. The molecule has 2 aromatic carbocycles. The molecule has 18 nitrogen and oxygen atoms in total. The van der Waals surface area contributed by atoms with Gasteiger partial charge in [0.2, 0.25) is 35.4 Å². The van der Waals surface area contributed by atoms with Crippen LogP contribution >= 0.6 is 0 Å². The number of carbonyl (C=O) groups is 8. The Kier molecular flexibility index (Phi) is 15.1. The van der Waals surface area contributed by atoms with E-state index in [9.17, 15) is 48.6 Å². The quantitative estimate of drug-likeness (QED) is 0.0752. The molecule has 0 aliphatic carbocycles. The Hall–Kier alpha value is -6.04. The van der Waals surface area contributed by atoms with Crippen LogP contribution in [0.15, 0.2) is 54.6 Å². The second-order valence-corrected chi connectivity index (χ2v) is 12.3. The molecule has 6 amide bonds. The number of hydrogen-bond donors (Lipinski definition) is 9. The van der Waals surface area contributed by atoms with E-state index in [4.69, 9.17) is 16.6 Å². The summed E-state index contributed by atoms with van der Waals surface area (Å²) in [5.41, 5.74) is 12.3. The van der Waals surface area contributed by atoms with Crippen LogP contribution in [0.4, 0.5) is 0 Å². The number of primary amides is 1. The summed E-state index contributed by atoms with van der Waals surface area (Å²) in [5, 5.41) is 37.9. The average Bonchev–Trinajstić information content (AvgIpc) is 3.60.